The number of esters is 1. The van der Waals surface area contributed by atoms with E-state index in [4.69, 9.17) is 4.74 Å². The maximum absolute atomic E-state index is 13.2. The molecule has 0 fully saturated rings. The zero-order valence-electron chi connectivity index (χ0n) is 17.3. The molecule has 1 aliphatic carbocycles. The number of carbonyl (C=O) groups is 2. The molecule has 0 spiro atoms. The lowest BCUT2D eigenvalue weighted by Gasteiger charge is -2.20. The number of ether oxygens (including phenoxy) is 1. The molecule has 1 aliphatic rings. The van der Waals surface area contributed by atoms with Crippen LogP contribution >= 0.6 is 0 Å². The number of hydrogen-bond acceptors (Lipinski definition) is 4. The molecular weight excluding hydrogens is 352 g/mol. The zero-order valence-corrected chi connectivity index (χ0v) is 17.3. The van der Waals surface area contributed by atoms with Gasteiger partial charge in [0.25, 0.3) is 0 Å². The molecule has 5 heteroatoms. The Morgan fingerprint density at radius 1 is 1.21 bits per heavy atom. The number of ketones is 1. The van der Waals surface area contributed by atoms with Gasteiger partial charge in [-0.05, 0) is 56.4 Å². The van der Waals surface area contributed by atoms with E-state index in [9.17, 15) is 9.59 Å². The van der Waals surface area contributed by atoms with Crippen LogP contribution in [0.2, 0.25) is 0 Å². The third-order valence-electron chi connectivity index (χ3n) is 5.07. The number of fused-ring (bicyclic) bond motifs is 1. The largest absolute Gasteiger partial charge is 0.461 e. The maximum atomic E-state index is 13.2. The number of aromatic nitrogens is 1. The summed E-state index contributed by atoms with van der Waals surface area (Å²) in [5.41, 5.74) is 6.18. The van der Waals surface area contributed by atoms with Gasteiger partial charge in [0.05, 0.1) is 12.3 Å². The van der Waals surface area contributed by atoms with Crippen molar-refractivity contribution >= 4 is 11.8 Å². The SMILES string of the molecule is CCOC(=O)c1cc2c(n1Cc1ccc(C)cc1C)C(=O)C(=CN(C)C)CC2. The summed E-state index contributed by atoms with van der Waals surface area (Å²) >= 11 is 0. The number of aryl methyl sites for hydroxylation is 3. The van der Waals surface area contributed by atoms with Gasteiger partial charge in [-0.25, -0.2) is 4.79 Å². The topological polar surface area (TPSA) is 51.5 Å². The third-order valence-corrected chi connectivity index (χ3v) is 5.07. The molecule has 0 radical (unpaired) electrons. The second kappa shape index (κ2) is 8.05. The smallest absolute Gasteiger partial charge is 0.354 e. The van der Waals surface area contributed by atoms with Crippen molar-refractivity contribution in [1.82, 2.24) is 9.47 Å². The summed E-state index contributed by atoms with van der Waals surface area (Å²) in [4.78, 5) is 27.7. The minimum atomic E-state index is -0.382. The molecule has 28 heavy (non-hydrogen) atoms. The number of hydrogen-bond donors (Lipinski definition) is 0. The molecule has 0 aliphatic heterocycles. The van der Waals surface area contributed by atoms with Crippen molar-refractivity contribution in [3.63, 3.8) is 0 Å². The Kier molecular flexibility index (Phi) is 5.73. The molecule has 0 N–H and O–H groups in total. The van der Waals surface area contributed by atoms with Crippen molar-refractivity contribution in [2.24, 2.45) is 0 Å². The zero-order chi connectivity index (χ0) is 20.4. The van der Waals surface area contributed by atoms with Crippen LogP contribution in [-0.4, -0.2) is 41.9 Å². The highest BCUT2D eigenvalue weighted by Gasteiger charge is 2.30. The summed E-state index contributed by atoms with van der Waals surface area (Å²) in [7, 11) is 3.82. The predicted octanol–water partition coefficient (Wildman–Crippen LogP) is 3.90. The first kappa shape index (κ1) is 19.9. The molecule has 2 aromatic rings. The Morgan fingerprint density at radius 3 is 2.61 bits per heavy atom. The number of rotatable bonds is 5. The fourth-order valence-electron chi connectivity index (χ4n) is 3.77. The molecule has 0 atom stereocenters. The fourth-order valence-corrected chi connectivity index (χ4v) is 3.77. The Morgan fingerprint density at radius 2 is 1.96 bits per heavy atom. The lowest BCUT2D eigenvalue weighted by atomic mass is 9.92. The molecule has 5 nitrogen and oxygen atoms in total. The molecule has 0 amide bonds. The standard InChI is InChI=1S/C23H28N2O3/c1-6-28-23(27)20-12-17-9-10-19(13-24(4)5)22(26)21(17)25(20)14-18-8-7-15(2)11-16(18)3/h7-8,11-13H,6,9-10,14H2,1-5H3. The van der Waals surface area contributed by atoms with Crippen LogP contribution in [0, 0.1) is 13.8 Å². The lowest BCUT2D eigenvalue weighted by molar-refractivity contribution is 0.0514. The van der Waals surface area contributed by atoms with Crippen LogP contribution in [-0.2, 0) is 17.7 Å². The first-order chi connectivity index (χ1) is 13.3. The van der Waals surface area contributed by atoms with E-state index in [0.29, 0.717) is 31.0 Å². The van der Waals surface area contributed by atoms with Gasteiger partial charge in [-0.2, -0.15) is 0 Å². The van der Waals surface area contributed by atoms with E-state index in [1.54, 1.807) is 6.92 Å². The van der Waals surface area contributed by atoms with Crippen LogP contribution in [0.3, 0.4) is 0 Å². The van der Waals surface area contributed by atoms with E-state index in [1.807, 2.05) is 35.8 Å². The molecule has 148 valence electrons. The quantitative estimate of drug-likeness (QED) is 0.583. The van der Waals surface area contributed by atoms with E-state index < -0.39 is 0 Å². The monoisotopic (exact) mass is 380 g/mol. The van der Waals surface area contributed by atoms with Gasteiger partial charge in [0.15, 0.2) is 0 Å². The fraction of sp³-hybridized carbons (Fsp3) is 0.391. The van der Waals surface area contributed by atoms with E-state index >= 15 is 0 Å². The first-order valence-electron chi connectivity index (χ1n) is 9.69. The van der Waals surface area contributed by atoms with E-state index in [-0.39, 0.29) is 11.8 Å². The Bertz CT molecular complexity index is 951. The molecule has 1 aromatic heterocycles. The molecule has 1 aromatic carbocycles. The summed E-state index contributed by atoms with van der Waals surface area (Å²) in [6.07, 6.45) is 3.30. The number of benzene rings is 1. The van der Waals surface area contributed by atoms with Crippen LogP contribution in [0.25, 0.3) is 0 Å². The summed E-state index contributed by atoms with van der Waals surface area (Å²) < 4.78 is 7.11. The first-order valence-corrected chi connectivity index (χ1v) is 9.69. The van der Waals surface area contributed by atoms with Gasteiger partial charge in [-0.3, -0.25) is 4.79 Å². The highest BCUT2D eigenvalue weighted by Crippen LogP contribution is 2.30. The van der Waals surface area contributed by atoms with Crippen LogP contribution in [0.5, 0.6) is 0 Å². The Balaban J connectivity index is 2.12. The van der Waals surface area contributed by atoms with Gasteiger partial charge in [0.1, 0.15) is 5.69 Å². The number of Topliss-reactive ketones (excluding diaryl/α,β-unsaturated/α-hetero) is 1. The Labute approximate surface area is 166 Å². The molecule has 0 saturated heterocycles. The van der Waals surface area contributed by atoms with Crippen LogP contribution < -0.4 is 0 Å². The van der Waals surface area contributed by atoms with Crippen molar-refractivity contribution in [1.29, 1.82) is 0 Å². The molecule has 1 heterocycles. The van der Waals surface area contributed by atoms with Crippen LogP contribution in [0.1, 0.15) is 56.6 Å². The predicted molar refractivity (Wildman–Crippen MR) is 110 cm³/mol. The Hall–Kier alpha value is -2.82. The van der Waals surface area contributed by atoms with E-state index in [0.717, 1.165) is 28.7 Å². The molecule has 0 unspecified atom stereocenters. The van der Waals surface area contributed by atoms with Crippen molar-refractivity contribution in [2.75, 3.05) is 20.7 Å². The molecule has 0 saturated carbocycles. The van der Waals surface area contributed by atoms with Crippen molar-refractivity contribution in [2.45, 2.75) is 40.2 Å². The highest BCUT2D eigenvalue weighted by molar-refractivity contribution is 6.10. The summed E-state index contributed by atoms with van der Waals surface area (Å²) in [6.45, 7) is 6.68. The second-order valence-electron chi connectivity index (χ2n) is 7.59. The van der Waals surface area contributed by atoms with E-state index in [1.165, 1.54) is 5.56 Å². The maximum Gasteiger partial charge on any atom is 0.354 e. The van der Waals surface area contributed by atoms with E-state index in [2.05, 4.69) is 32.0 Å². The van der Waals surface area contributed by atoms with Gasteiger partial charge in [-0.15, -0.1) is 0 Å². The van der Waals surface area contributed by atoms with Gasteiger partial charge in [-0.1, -0.05) is 23.8 Å². The van der Waals surface area contributed by atoms with Gasteiger partial charge in [0.2, 0.25) is 5.78 Å². The minimum Gasteiger partial charge on any atom is -0.461 e. The van der Waals surface area contributed by atoms with Crippen molar-refractivity contribution in [3.8, 4) is 0 Å². The average Bonchev–Trinajstić information content (AvgIpc) is 2.99. The normalized spacial score (nSPS) is 14.9. The summed E-state index contributed by atoms with van der Waals surface area (Å²) in [5, 5.41) is 0. The summed E-state index contributed by atoms with van der Waals surface area (Å²) in [6, 6.07) is 8.08. The molecule has 0 bridgehead atoms. The number of allylic oxidation sites excluding steroid dienone is 1. The van der Waals surface area contributed by atoms with Crippen LogP contribution in [0.4, 0.5) is 0 Å². The lowest BCUT2D eigenvalue weighted by Crippen LogP contribution is -2.22. The van der Waals surface area contributed by atoms with Crippen molar-refractivity contribution in [3.05, 3.63) is 69.7 Å². The third kappa shape index (κ3) is 3.88. The summed E-state index contributed by atoms with van der Waals surface area (Å²) in [5.74, 6) is -0.386. The number of nitrogens with zero attached hydrogens (tertiary/aromatic N) is 2. The highest BCUT2D eigenvalue weighted by atomic mass is 16.5. The van der Waals surface area contributed by atoms with Gasteiger partial charge < -0.3 is 14.2 Å². The average molecular weight is 380 g/mol. The minimum absolute atomic E-state index is 0.00439. The van der Waals surface area contributed by atoms with Gasteiger partial charge >= 0.3 is 5.97 Å². The van der Waals surface area contributed by atoms with Crippen LogP contribution in [0.15, 0.2) is 36.0 Å². The molecule has 3 rings (SSSR count). The molecular formula is C23H28N2O3. The van der Waals surface area contributed by atoms with Gasteiger partial charge in [0, 0.05) is 32.4 Å². The number of carbonyl (C=O) groups excluding carboxylic acids is 2. The van der Waals surface area contributed by atoms with Crippen molar-refractivity contribution < 1.29 is 14.3 Å². The second-order valence-corrected chi connectivity index (χ2v) is 7.59.